The number of carbonyl (C=O) groups is 1. The largest absolute Gasteiger partial charge is 0.356 e. The molecule has 1 heterocycles. The number of hydrogen-bond acceptors (Lipinski definition) is 2. The van der Waals surface area contributed by atoms with Gasteiger partial charge in [0.15, 0.2) is 5.96 Å². The third kappa shape index (κ3) is 6.17. The molecule has 2 aromatic rings. The molecule has 0 radical (unpaired) electrons. The lowest BCUT2D eigenvalue weighted by Crippen LogP contribution is -2.39. The van der Waals surface area contributed by atoms with Crippen LogP contribution in [0.15, 0.2) is 47.5 Å². The average Bonchev–Trinajstić information content (AvgIpc) is 3.16. The Hall–Kier alpha value is -2.16. The van der Waals surface area contributed by atoms with Crippen LogP contribution in [0.1, 0.15) is 48.1 Å². The summed E-state index contributed by atoms with van der Waals surface area (Å²) >= 11 is 0. The van der Waals surface area contributed by atoms with Crippen molar-refractivity contribution in [3.8, 4) is 0 Å². The van der Waals surface area contributed by atoms with Crippen LogP contribution in [-0.2, 0) is 17.9 Å². The number of nitrogens with one attached hydrogen (secondary N) is 2. The molecule has 2 aromatic carbocycles. The lowest BCUT2D eigenvalue weighted by Gasteiger charge is -2.19. The molecule has 30 heavy (non-hydrogen) atoms. The van der Waals surface area contributed by atoms with Crippen molar-refractivity contribution >= 4 is 35.8 Å². The number of nitrogens with zero attached hydrogens (tertiary/aromatic N) is 2. The first-order valence-corrected chi connectivity index (χ1v) is 10.1. The van der Waals surface area contributed by atoms with Crippen molar-refractivity contribution in [2.75, 3.05) is 13.6 Å². The molecule has 0 aliphatic carbocycles. The highest BCUT2D eigenvalue weighted by atomic mass is 127. The second-order valence-electron chi connectivity index (χ2n) is 7.50. The Kier molecular flexibility index (Phi) is 9.08. The first kappa shape index (κ1) is 24.1. The van der Waals surface area contributed by atoms with Gasteiger partial charge in [-0.3, -0.25) is 9.79 Å². The molecule has 0 spiro atoms. The number of guanidine groups is 1. The lowest BCUT2D eigenvalue weighted by molar-refractivity contribution is -0.131. The summed E-state index contributed by atoms with van der Waals surface area (Å²) in [5, 5.41) is 6.50. The van der Waals surface area contributed by atoms with Gasteiger partial charge in [-0.05, 0) is 48.6 Å². The fourth-order valence-electron chi connectivity index (χ4n) is 3.48. The average molecular weight is 524 g/mol. The van der Waals surface area contributed by atoms with E-state index in [1.54, 1.807) is 26.1 Å². The highest BCUT2D eigenvalue weighted by Gasteiger charge is 2.22. The topological polar surface area (TPSA) is 56.7 Å². The molecule has 1 unspecified atom stereocenters. The van der Waals surface area contributed by atoms with Crippen LogP contribution in [-0.4, -0.2) is 30.4 Å². The number of fused-ring (bicyclic) bond motifs is 1. The monoisotopic (exact) mass is 524 g/mol. The molecule has 1 aliphatic heterocycles. The van der Waals surface area contributed by atoms with Gasteiger partial charge in [0, 0.05) is 33.1 Å². The van der Waals surface area contributed by atoms with E-state index in [2.05, 4.69) is 27.8 Å². The molecular weight excluding hydrogens is 494 g/mol. The van der Waals surface area contributed by atoms with E-state index in [9.17, 15) is 9.18 Å². The van der Waals surface area contributed by atoms with Crippen LogP contribution in [0.2, 0.25) is 0 Å². The number of aryl methyl sites for hydroxylation is 1. The van der Waals surface area contributed by atoms with E-state index in [0.29, 0.717) is 37.6 Å². The maximum Gasteiger partial charge on any atom is 0.223 e. The van der Waals surface area contributed by atoms with Crippen molar-refractivity contribution in [3.63, 3.8) is 0 Å². The summed E-state index contributed by atoms with van der Waals surface area (Å²) < 4.78 is 13.8. The van der Waals surface area contributed by atoms with Gasteiger partial charge in [-0.2, -0.15) is 0 Å². The number of aliphatic imine (C=N–C) groups is 1. The number of amides is 1. The van der Waals surface area contributed by atoms with Crippen LogP contribution < -0.4 is 10.6 Å². The standard InChI is InChI=1S/C23H29FN4O.HI/c1-16-10-11-18(13-21(16)24)17(2)27-23(25-3)26-12-6-9-22(29)28-14-19-7-4-5-8-20(19)15-28;/h4-5,7-8,10-11,13,17H,6,9,12,14-15H2,1-3H3,(H2,25,26,27);1H. The molecule has 162 valence electrons. The molecule has 7 heteroatoms. The van der Waals surface area contributed by atoms with Gasteiger partial charge in [0.2, 0.25) is 5.91 Å². The predicted octanol–water partition coefficient (Wildman–Crippen LogP) is 4.30. The van der Waals surface area contributed by atoms with Crippen LogP contribution in [0.4, 0.5) is 4.39 Å². The minimum Gasteiger partial charge on any atom is -0.356 e. The summed E-state index contributed by atoms with van der Waals surface area (Å²) in [4.78, 5) is 18.6. The molecule has 1 atom stereocenters. The molecule has 1 aliphatic rings. The Labute approximate surface area is 195 Å². The summed E-state index contributed by atoms with van der Waals surface area (Å²) in [5.74, 6) is 0.607. The Morgan fingerprint density at radius 3 is 2.47 bits per heavy atom. The lowest BCUT2D eigenvalue weighted by atomic mass is 10.1. The zero-order valence-electron chi connectivity index (χ0n) is 17.7. The first-order valence-electron chi connectivity index (χ1n) is 10.1. The quantitative estimate of drug-likeness (QED) is 0.257. The van der Waals surface area contributed by atoms with Crippen molar-refractivity contribution in [2.45, 2.75) is 45.8 Å². The fraction of sp³-hybridized carbons (Fsp3) is 0.391. The van der Waals surface area contributed by atoms with E-state index in [4.69, 9.17) is 0 Å². The van der Waals surface area contributed by atoms with E-state index >= 15 is 0 Å². The summed E-state index contributed by atoms with van der Waals surface area (Å²) in [6, 6.07) is 13.4. The van der Waals surface area contributed by atoms with E-state index in [0.717, 1.165) is 12.0 Å². The molecule has 0 aromatic heterocycles. The van der Waals surface area contributed by atoms with Crippen LogP contribution in [0.25, 0.3) is 0 Å². The SMILES string of the molecule is CN=C(NCCCC(=O)N1Cc2ccccc2C1)NC(C)c1ccc(C)c(F)c1.I. The minimum atomic E-state index is -0.207. The molecule has 1 amide bonds. The highest BCUT2D eigenvalue weighted by molar-refractivity contribution is 14.0. The number of halogens is 2. The Balaban J connectivity index is 0.00000320. The predicted molar refractivity (Wildman–Crippen MR) is 129 cm³/mol. The molecular formula is C23H30FIN4O. The van der Waals surface area contributed by atoms with Crippen molar-refractivity contribution in [1.82, 2.24) is 15.5 Å². The van der Waals surface area contributed by atoms with E-state index in [-0.39, 0.29) is 41.7 Å². The van der Waals surface area contributed by atoms with Gasteiger partial charge in [0.25, 0.3) is 0 Å². The van der Waals surface area contributed by atoms with Crippen molar-refractivity contribution in [2.24, 2.45) is 4.99 Å². The molecule has 0 bridgehead atoms. The van der Waals surface area contributed by atoms with Crippen molar-refractivity contribution in [1.29, 1.82) is 0 Å². The van der Waals surface area contributed by atoms with Gasteiger partial charge >= 0.3 is 0 Å². The first-order chi connectivity index (χ1) is 14.0. The molecule has 2 N–H and O–H groups in total. The van der Waals surface area contributed by atoms with Crippen LogP contribution in [0.3, 0.4) is 0 Å². The van der Waals surface area contributed by atoms with Crippen LogP contribution >= 0.6 is 24.0 Å². The zero-order valence-corrected chi connectivity index (χ0v) is 20.1. The van der Waals surface area contributed by atoms with Gasteiger partial charge in [-0.15, -0.1) is 24.0 Å². The smallest absolute Gasteiger partial charge is 0.223 e. The second-order valence-corrected chi connectivity index (χ2v) is 7.50. The summed E-state index contributed by atoms with van der Waals surface area (Å²) in [6.07, 6.45) is 1.22. The number of rotatable bonds is 6. The van der Waals surface area contributed by atoms with Gasteiger partial charge in [-0.25, -0.2) is 4.39 Å². The molecule has 3 rings (SSSR count). The highest BCUT2D eigenvalue weighted by Crippen LogP contribution is 2.23. The minimum absolute atomic E-state index is 0. The summed E-state index contributed by atoms with van der Waals surface area (Å²) in [7, 11) is 1.70. The second kappa shape index (κ2) is 11.3. The van der Waals surface area contributed by atoms with Gasteiger partial charge in [0.1, 0.15) is 5.82 Å². The molecule has 0 fully saturated rings. The van der Waals surface area contributed by atoms with E-state index in [1.807, 2.05) is 30.0 Å². The zero-order chi connectivity index (χ0) is 20.8. The van der Waals surface area contributed by atoms with Gasteiger partial charge < -0.3 is 15.5 Å². The Bertz CT molecular complexity index is 878. The number of hydrogen-bond donors (Lipinski definition) is 2. The van der Waals surface area contributed by atoms with E-state index in [1.165, 1.54) is 11.1 Å². The van der Waals surface area contributed by atoms with E-state index < -0.39 is 0 Å². The van der Waals surface area contributed by atoms with Crippen molar-refractivity contribution in [3.05, 3.63) is 70.5 Å². The normalized spacial score (nSPS) is 14.0. The van der Waals surface area contributed by atoms with Crippen LogP contribution in [0, 0.1) is 12.7 Å². The maximum atomic E-state index is 13.8. The van der Waals surface area contributed by atoms with Gasteiger partial charge in [-0.1, -0.05) is 36.4 Å². The fourth-order valence-corrected chi connectivity index (χ4v) is 3.48. The van der Waals surface area contributed by atoms with Crippen molar-refractivity contribution < 1.29 is 9.18 Å². The van der Waals surface area contributed by atoms with Gasteiger partial charge in [0.05, 0.1) is 6.04 Å². The third-order valence-corrected chi connectivity index (χ3v) is 5.33. The summed E-state index contributed by atoms with van der Waals surface area (Å²) in [5.41, 5.74) is 3.98. The Morgan fingerprint density at radius 1 is 1.20 bits per heavy atom. The number of benzene rings is 2. The molecule has 5 nitrogen and oxygen atoms in total. The molecule has 0 saturated carbocycles. The Morgan fingerprint density at radius 2 is 1.87 bits per heavy atom. The number of carbonyl (C=O) groups excluding carboxylic acids is 1. The molecule has 0 saturated heterocycles. The van der Waals surface area contributed by atoms with Crippen LogP contribution in [0.5, 0.6) is 0 Å². The maximum absolute atomic E-state index is 13.8. The summed E-state index contributed by atoms with van der Waals surface area (Å²) in [6.45, 7) is 5.76. The third-order valence-electron chi connectivity index (χ3n) is 5.33.